The van der Waals surface area contributed by atoms with Gasteiger partial charge in [-0.15, -0.1) is 0 Å². The highest BCUT2D eigenvalue weighted by Gasteiger charge is 2.29. The SMILES string of the molecule is COc1cccc(C(=O)NCC2CCN(S(=O)(=O)c3cccnc3)CC2)c1OC. The summed E-state index contributed by atoms with van der Waals surface area (Å²) in [5.74, 6) is 0.848. The summed E-state index contributed by atoms with van der Waals surface area (Å²) in [6.07, 6.45) is 4.26. The molecule has 2 aromatic rings. The average molecular weight is 420 g/mol. The van der Waals surface area contributed by atoms with Gasteiger partial charge in [0.1, 0.15) is 4.90 Å². The molecule has 0 atom stereocenters. The molecule has 0 bridgehead atoms. The fourth-order valence-corrected chi connectivity index (χ4v) is 4.83. The number of hydrogen-bond donors (Lipinski definition) is 1. The number of amides is 1. The quantitative estimate of drug-likeness (QED) is 0.736. The summed E-state index contributed by atoms with van der Waals surface area (Å²) >= 11 is 0. The number of methoxy groups -OCH3 is 2. The summed E-state index contributed by atoms with van der Waals surface area (Å²) in [6.45, 7) is 1.31. The first-order valence-corrected chi connectivity index (χ1v) is 10.8. The van der Waals surface area contributed by atoms with E-state index in [1.807, 2.05) is 0 Å². The molecule has 1 aromatic carbocycles. The van der Waals surface area contributed by atoms with Gasteiger partial charge in [-0.05, 0) is 43.0 Å². The number of rotatable bonds is 7. The van der Waals surface area contributed by atoms with E-state index in [1.54, 1.807) is 36.5 Å². The maximum absolute atomic E-state index is 12.7. The topological polar surface area (TPSA) is 97.8 Å². The molecule has 156 valence electrons. The molecule has 1 aromatic heterocycles. The van der Waals surface area contributed by atoms with Gasteiger partial charge in [-0.1, -0.05) is 6.07 Å². The van der Waals surface area contributed by atoms with Crippen molar-refractivity contribution in [3.8, 4) is 11.5 Å². The first-order valence-electron chi connectivity index (χ1n) is 9.36. The lowest BCUT2D eigenvalue weighted by molar-refractivity contribution is 0.0938. The number of carbonyl (C=O) groups is 1. The van der Waals surface area contributed by atoms with E-state index in [2.05, 4.69) is 10.3 Å². The Morgan fingerprint density at radius 3 is 2.55 bits per heavy atom. The maximum atomic E-state index is 12.7. The minimum Gasteiger partial charge on any atom is -0.493 e. The second-order valence-corrected chi connectivity index (χ2v) is 8.73. The Morgan fingerprint density at radius 2 is 1.93 bits per heavy atom. The minimum absolute atomic E-state index is 0.205. The highest BCUT2D eigenvalue weighted by Crippen LogP contribution is 2.30. The van der Waals surface area contributed by atoms with Crippen LogP contribution in [0, 0.1) is 5.92 Å². The molecule has 0 unspecified atom stereocenters. The van der Waals surface area contributed by atoms with Gasteiger partial charge in [0.05, 0.1) is 19.8 Å². The second kappa shape index (κ2) is 9.23. The van der Waals surface area contributed by atoms with Gasteiger partial charge in [0.15, 0.2) is 11.5 Å². The molecule has 0 radical (unpaired) electrons. The van der Waals surface area contributed by atoms with Crippen LogP contribution in [0.3, 0.4) is 0 Å². The van der Waals surface area contributed by atoms with Crippen LogP contribution >= 0.6 is 0 Å². The van der Waals surface area contributed by atoms with Crippen molar-refractivity contribution in [2.75, 3.05) is 33.9 Å². The number of para-hydroxylation sites is 1. The number of nitrogens with zero attached hydrogens (tertiary/aromatic N) is 2. The Labute approximate surface area is 170 Å². The van der Waals surface area contributed by atoms with E-state index >= 15 is 0 Å². The van der Waals surface area contributed by atoms with Crippen LogP contribution in [0.25, 0.3) is 0 Å². The fraction of sp³-hybridized carbons (Fsp3) is 0.400. The maximum Gasteiger partial charge on any atom is 0.255 e. The first kappa shape index (κ1) is 21.1. The number of aromatic nitrogens is 1. The van der Waals surface area contributed by atoms with Gasteiger partial charge in [-0.25, -0.2) is 8.42 Å². The molecule has 2 heterocycles. The van der Waals surface area contributed by atoms with Crippen molar-refractivity contribution >= 4 is 15.9 Å². The lowest BCUT2D eigenvalue weighted by Crippen LogP contribution is -2.41. The van der Waals surface area contributed by atoms with Gasteiger partial charge in [-0.2, -0.15) is 4.31 Å². The van der Waals surface area contributed by atoms with Crippen LogP contribution in [0.4, 0.5) is 0 Å². The van der Waals surface area contributed by atoms with E-state index in [9.17, 15) is 13.2 Å². The summed E-state index contributed by atoms with van der Waals surface area (Å²) < 4.78 is 37.4. The van der Waals surface area contributed by atoms with Crippen molar-refractivity contribution in [3.05, 3.63) is 48.3 Å². The Bertz CT molecular complexity index is 942. The van der Waals surface area contributed by atoms with Crippen molar-refractivity contribution in [2.24, 2.45) is 5.92 Å². The molecule has 1 saturated heterocycles. The van der Waals surface area contributed by atoms with E-state index < -0.39 is 10.0 Å². The molecule has 3 rings (SSSR count). The minimum atomic E-state index is -3.52. The van der Waals surface area contributed by atoms with Crippen LogP contribution in [0.15, 0.2) is 47.6 Å². The van der Waals surface area contributed by atoms with Crippen LogP contribution in [0.5, 0.6) is 11.5 Å². The van der Waals surface area contributed by atoms with Crippen LogP contribution in [0.2, 0.25) is 0 Å². The summed E-state index contributed by atoms with van der Waals surface area (Å²) in [5, 5.41) is 2.93. The normalized spacial score (nSPS) is 15.7. The Morgan fingerprint density at radius 1 is 1.17 bits per heavy atom. The molecule has 0 aliphatic carbocycles. The molecule has 0 saturated carbocycles. The number of carbonyl (C=O) groups excluding carboxylic acids is 1. The molecule has 1 amide bonds. The number of benzene rings is 1. The summed E-state index contributed by atoms with van der Waals surface area (Å²) in [5.41, 5.74) is 0.406. The van der Waals surface area contributed by atoms with Crippen molar-refractivity contribution in [1.82, 2.24) is 14.6 Å². The van der Waals surface area contributed by atoms with Gasteiger partial charge >= 0.3 is 0 Å². The Hall–Kier alpha value is -2.65. The van der Waals surface area contributed by atoms with Gasteiger partial charge < -0.3 is 14.8 Å². The standard InChI is InChI=1S/C20H25N3O5S/c1-27-18-7-3-6-17(19(18)28-2)20(24)22-13-15-8-11-23(12-9-15)29(25,26)16-5-4-10-21-14-16/h3-7,10,14-15H,8-9,11-13H2,1-2H3,(H,22,24). The van der Waals surface area contributed by atoms with Crippen LogP contribution < -0.4 is 14.8 Å². The van der Waals surface area contributed by atoms with Gasteiger partial charge in [-0.3, -0.25) is 9.78 Å². The molecule has 1 fully saturated rings. The zero-order valence-corrected chi connectivity index (χ0v) is 17.3. The van der Waals surface area contributed by atoms with E-state index in [0.29, 0.717) is 49.5 Å². The van der Waals surface area contributed by atoms with Crippen molar-refractivity contribution in [2.45, 2.75) is 17.7 Å². The molecule has 8 nitrogen and oxygen atoms in total. The van der Waals surface area contributed by atoms with Crippen molar-refractivity contribution in [3.63, 3.8) is 0 Å². The third-order valence-electron chi connectivity index (χ3n) is 5.04. The molecule has 1 aliphatic heterocycles. The summed E-state index contributed by atoms with van der Waals surface area (Å²) in [7, 11) is -0.510. The smallest absolute Gasteiger partial charge is 0.255 e. The number of sulfonamides is 1. The Kier molecular flexibility index (Phi) is 6.71. The van der Waals surface area contributed by atoms with E-state index in [1.165, 1.54) is 24.7 Å². The van der Waals surface area contributed by atoms with Gasteiger partial charge in [0.2, 0.25) is 10.0 Å². The van der Waals surface area contributed by atoms with Crippen LogP contribution in [-0.2, 0) is 10.0 Å². The number of nitrogens with one attached hydrogen (secondary N) is 1. The molecule has 1 aliphatic rings. The number of hydrogen-bond acceptors (Lipinski definition) is 6. The number of pyridine rings is 1. The fourth-order valence-electron chi connectivity index (χ4n) is 3.40. The summed E-state index contributed by atoms with van der Waals surface area (Å²) in [4.78, 5) is 16.7. The second-order valence-electron chi connectivity index (χ2n) is 6.79. The molecular weight excluding hydrogens is 394 g/mol. The third kappa shape index (κ3) is 4.68. The highest BCUT2D eigenvalue weighted by molar-refractivity contribution is 7.89. The molecule has 29 heavy (non-hydrogen) atoms. The molecular formula is C20H25N3O5S. The first-order chi connectivity index (χ1) is 14.0. The van der Waals surface area contributed by atoms with Gasteiger partial charge in [0, 0.05) is 32.0 Å². The van der Waals surface area contributed by atoms with E-state index in [-0.39, 0.29) is 16.7 Å². The third-order valence-corrected chi connectivity index (χ3v) is 6.93. The highest BCUT2D eigenvalue weighted by atomic mass is 32.2. The molecule has 9 heteroatoms. The van der Waals surface area contributed by atoms with Gasteiger partial charge in [0.25, 0.3) is 5.91 Å². The van der Waals surface area contributed by atoms with Crippen molar-refractivity contribution < 1.29 is 22.7 Å². The zero-order chi connectivity index (χ0) is 20.9. The lowest BCUT2D eigenvalue weighted by Gasteiger charge is -2.31. The largest absolute Gasteiger partial charge is 0.493 e. The molecule has 1 N–H and O–H groups in total. The predicted molar refractivity (Wildman–Crippen MR) is 108 cm³/mol. The Balaban J connectivity index is 1.56. The van der Waals surface area contributed by atoms with E-state index in [4.69, 9.17) is 9.47 Å². The number of piperidine rings is 1. The van der Waals surface area contributed by atoms with Crippen LogP contribution in [0.1, 0.15) is 23.2 Å². The van der Waals surface area contributed by atoms with Crippen LogP contribution in [-0.4, -0.2) is 57.5 Å². The lowest BCUT2D eigenvalue weighted by atomic mass is 9.98. The summed E-state index contributed by atoms with van der Waals surface area (Å²) in [6, 6.07) is 8.31. The monoisotopic (exact) mass is 419 g/mol. The van der Waals surface area contributed by atoms with E-state index in [0.717, 1.165) is 0 Å². The number of ether oxygens (including phenoxy) is 2. The predicted octanol–water partition coefficient (Wildman–Crippen LogP) is 1.93. The average Bonchev–Trinajstić information content (AvgIpc) is 2.77. The zero-order valence-electron chi connectivity index (χ0n) is 16.5. The van der Waals surface area contributed by atoms with Crippen molar-refractivity contribution in [1.29, 1.82) is 0 Å². The molecule has 0 spiro atoms.